The van der Waals surface area contributed by atoms with Crippen molar-refractivity contribution in [3.8, 4) is 0 Å². The van der Waals surface area contributed by atoms with Crippen molar-refractivity contribution in [3.63, 3.8) is 0 Å². The molecule has 1 atom stereocenters. The SMILES string of the molecule is CC(C)CC1CCN(CCCC(=O)N2CCN(C(C)C)CC2)C1.CCC.[Y]. The number of rotatable bonds is 7. The van der Waals surface area contributed by atoms with Crippen LogP contribution in [0.25, 0.3) is 0 Å². The Labute approximate surface area is 194 Å². The zero-order valence-electron chi connectivity index (χ0n) is 19.0. The summed E-state index contributed by atoms with van der Waals surface area (Å²) in [4.78, 5) is 19.4. The number of hydrogen-bond acceptors (Lipinski definition) is 3. The minimum absolute atomic E-state index is 0. The zero-order chi connectivity index (χ0) is 19.5. The van der Waals surface area contributed by atoms with Crippen LogP contribution < -0.4 is 0 Å². The van der Waals surface area contributed by atoms with Crippen LogP contribution in [-0.2, 0) is 37.5 Å². The summed E-state index contributed by atoms with van der Waals surface area (Å²) in [5.41, 5.74) is 0. The quantitative estimate of drug-likeness (QED) is 0.577. The predicted octanol–water partition coefficient (Wildman–Crippen LogP) is 4.10. The molecule has 0 aromatic heterocycles. The third kappa shape index (κ3) is 11.3. The van der Waals surface area contributed by atoms with Gasteiger partial charge in [-0.3, -0.25) is 9.69 Å². The van der Waals surface area contributed by atoms with E-state index in [2.05, 4.69) is 56.2 Å². The van der Waals surface area contributed by atoms with Crippen LogP contribution in [-0.4, -0.2) is 72.5 Å². The maximum Gasteiger partial charge on any atom is 0.222 e. The first-order chi connectivity index (χ1) is 12.4. The number of nitrogens with zero attached hydrogens (tertiary/aromatic N) is 3. The zero-order valence-corrected chi connectivity index (χ0v) is 21.9. The first-order valence-corrected chi connectivity index (χ1v) is 11.1. The second kappa shape index (κ2) is 15.3. The molecule has 0 saturated carbocycles. The number of amides is 1. The van der Waals surface area contributed by atoms with Crippen molar-refractivity contribution in [2.45, 2.75) is 79.7 Å². The molecule has 0 aliphatic carbocycles. The van der Waals surface area contributed by atoms with Crippen LogP contribution in [0.15, 0.2) is 0 Å². The molecule has 2 aliphatic heterocycles. The van der Waals surface area contributed by atoms with Gasteiger partial charge in [-0.25, -0.2) is 0 Å². The van der Waals surface area contributed by atoms with Gasteiger partial charge in [0.2, 0.25) is 5.91 Å². The van der Waals surface area contributed by atoms with E-state index in [9.17, 15) is 4.79 Å². The Morgan fingerprint density at radius 1 is 1.00 bits per heavy atom. The Hall–Kier alpha value is 0.494. The Morgan fingerprint density at radius 2 is 1.59 bits per heavy atom. The molecule has 0 bridgehead atoms. The van der Waals surface area contributed by atoms with Crippen LogP contribution in [0, 0.1) is 11.8 Å². The van der Waals surface area contributed by atoms with E-state index in [0.29, 0.717) is 11.9 Å². The van der Waals surface area contributed by atoms with Crippen LogP contribution in [0.2, 0.25) is 0 Å². The molecular weight excluding hydrogens is 411 g/mol. The molecule has 2 rings (SSSR count). The molecule has 2 aliphatic rings. The van der Waals surface area contributed by atoms with Crippen LogP contribution in [0.3, 0.4) is 0 Å². The normalized spacial score (nSPS) is 21.2. The maximum atomic E-state index is 12.3. The van der Waals surface area contributed by atoms with Gasteiger partial charge in [-0.15, -0.1) is 0 Å². The molecule has 4 nitrogen and oxygen atoms in total. The van der Waals surface area contributed by atoms with Gasteiger partial charge in [0.25, 0.3) is 0 Å². The Kier molecular flexibility index (Phi) is 15.6. The fraction of sp³-hybridized carbons (Fsp3) is 0.955. The number of likely N-dealkylation sites (tertiary alicyclic amines) is 1. The Bertz CT molecular complexity index is 382. The van der Waals surface area contributed by atoms with E-state index in [-0.39, 0.29) is 32.7 Å². The van der Waals surface area contributed by atoms with Gasteiger partial charge in [0.1, 0.15) is 0 Å². The van der Waals surface area contributed by atoms with Gasteiger partial charge in [-0.2, -0.15) is 0 Å². The van der Waals surface area contributed by atoms with Gasteiger partial charge in [-0.1, -0.05) is 34.1 Å². The number of hydrogen-bond donors (Lipinski definition) is 0. The van der Waals surface area contributed by atoms with Gasteiger partial charge < -0.3 is 9.80 Å². The monoisotopic (exact) mass is 456 g/mol. The van der Waals surface area contributed by atoms with Crippen molar-refractivity contribution < 1.29 is 37.5 Å². The van der Waals surface area contributed by atoms with E-state index in [0.717, 1.165) is 57.4 Å². The van der Waals surface area contributed by atoms with Crippen LogP contribution in [0.4, 0.5) is 0 Å². The summed E-state index contributed by atoms with van der Waals surface area (Å²) < 4.78 is 0. The average molecular weight is 457 g/mol. The Morgan fingerprint density at radius 3 is 2.11 bits per heavy atom. The Balaban J connectivity index is 0.00000158. The molecule has 2 heterocycles. The average Bonchev–Trinajstić information content (AvgIpc) is 3.02. The second-order valence-electron chi connectivity index (χ2n) is 8.91. The van der Waals surface area contributed by atoms with Gasteiger partial charge in [0.15, 0.2) is 0 Å². The van der Waals surface area contributed by atoms with E-state index in [4.69, 9.17) is 0 Å². The van der Waals surface area contributed by atoms with Gasteiger partial charge in [-0.05, 0) is 58.0 Å². The molecule has 157 valence electrons. The van der Waals surface area contributed by atoms with Crippen LogP contribution in [0.5, 0.6) is 0 Å². The van der Waals surface area contributed by atoms with Crippen molar-refractivity contribution >= 4 is 5.91 Å². The third-order valence-electron chi connectivity index (χ3n) is 5.44. The van der Waals surface area contributed by atoms with E-state index in [1.165, 1.54) is 32.4 Å². The van der Waals surface area contributed by atoms with Gasteiger partial charge >= 0.3 is 0 Å². The fourth-order valence-electron chi connectivity index (χ4n) is 4.07. The first-order valence-electron chi connectivity index (χ1n) is 11.1. The van der Waals surface area contributed by atoms with Crippen molar-refractivity contribution in [2.75, 3.05) is 45.8 Å². The molecule has 27 heavy (non-hydrogen) atoms. The van der Waals surface area contributed by atoms with Gasteiger partial charge in [0.05, 0.1) is 0 Å². The molecule has 0 N–H and O–H groups in total. The summed E-state index contributed by atoms with van der Waals surface area (Å²) in [6, 6.07) is 0.598. The molecule has 2 fully saturated rings. The molecular formula is C22H45N3OY. The summed E-state index contributed by atoms with van der Waals surface area (Å²) in [6.45, 7) is 20.8. The summed E-state index contributed by atoms with van der Waals surface area (Å²) >= 11 is 0. The van der Waals surface area contributed by atoms with Crippen molar-refractivity contribution in [1.29, 1.82) is 0 Å². The van der Waals surface area contributed by atoms with Crippen molar-refractivity contribution in [2.24, 2.45) is 11.8 Å². The summed E-state index contributed by atoms with van der Waals surface area (Å²) in [7, 11) is 0. The van der Waals surface area contributed by atoms with Crippen molar-refractivity contribution in [1.82, 2.24) is 14.7 Å². The fourth-order valence-corrected chi connectivity index (χ4v) is 4.07. The minimum atomic E-state index is 0. The topological polar surface area (TPSA) is 26.8 Å². The standard InChI is InChI=1S/C19H37N3O.C3H8.Y/c1-16(2)14-18-7-9-20(15-18)8-5-6-19(23)22-12-10-21(11-13-22)17(3)4;1-3-2;/h16-18H,5-15H2,1-4H3;3H2,1-2H3;. The van der Waals surface area contributed by atoms with Crippen LogP contribution in [0.1, 0.15) is 73.6 Å². The second-order valence-corrected chi connectivity index (χ2v) is 8.91. The number of carbonyl (C=O) groups excluding carboxylic acids is 1. The molecule has 5 heteroatoms. The van der Waals surface area contributed by atoms with Gasteiger partial charge in [0, 0.05) is 77.9 Å². The smallest absolute Gasteiger partial charge is 0.222 e. The number of carbonyl (C=O) groups is 1. The molecule has 1 unspecified atom stereocenters. The predicted molar refractivity (Wildman–Crippen MR) is 112 cm³/mol. The first kappa shape index (κ1) is 27.5. The van der Waals surface area contributed by atoms with Crippen LogP contribution >= 0.6 is 0 Å². The third-order valence-corrected chi connectivity index (χ3v) is 5.44. The van der Waals surface area contributed by atoms with E-state index in [1.54, 1.807) is 0 Å². The number of piperazine rings is 1. The summed E-state index contributed by atoms with van der Waals surface area (Å²) in [6.07, 6.45) is 5.71. The molecule has 0 spiro atoms. The molecule has 1 amide bonds. The van der Waals surface area contributed by atoms with E-state index < -0.39 is 0 Å². The van der Waals surface area contributed by atoms with Crippen molar-refractivity contribution in [3.05, 3.63) is 0 Å². The molecule has 0 aromatic carbocycles. The molecule has 0 aromatic rings. The molecule has 2 saturated heterocycles. The maximum absolute atomic E-state index is 12.3. The largest absolute Gasteiger partial charge is 0.340 e. The minimum Gasteiger partial charge on any atom is -0.340 e. The van der Waals surface area contributed by atoms with E-state index in [1.807, 2.05) is 0 Å². The van der Waals surface area contributed by atoms with E-state index >= 15 is 0 Å². The summed E-state index contributed by atoms with van der Waals surface area (Å²) in [5.74, 6) is 2.06. The summed E-state index contributed by atoms with van der Waals surface area (Å²) in [5, 5.41) is 0. The molecule has 1 radical (unpaired) electrons.